The van der Waals surface area contributed by atoms with Crippen LogP contribution in [0.15, 0.2) is 10.9 Å². The fourth-order valence-electron chi connectivity index (χ4n) is 4.38. The summed E-state index contributed by atoms with van der Waals surface area (Å²) in [4.78, 5) is 49.2. The first-order valence-electron chi connectivity index (χ1n) is 10.1. The zero-order valence-electron chi connectivity index (χ0n) is 17.4. The standard InChI is InChI=1S/C22H23NO7S/c1-9(2)4-5-13-15-10(6-11(30-13)8-14(24)25)7-12-16(19(15)27)20(28)21-17(18(12)26)23(3)22(29)31-21/h7,9,11,13,27H,4-6,8H2,1-3H3,(H,24,25)/t11-,13-/m0/s1. The highest BCUT2D eigenvalue weighted by Crippen LogP contribution is 2.45. The maximum absolute atomic E-state index is 13.1. The normalized spacial score (nSPS) is 19.9. The van der Waals surface area contributed by atoms with E-state index in [1.54, 1.807) is 6.07 Å². The summed E-state index contributed by atoms with van der Waals surface area (Å²) in [7, 11) is 1.44. The molecule has 31 heavy (non-hydrogen) atoms. The van der Waals surface area contributed by atoms with Crippen molar-refractivity contribution in [2.75, 3.05) is 0 Å². The molecule has 0 saturated carbocycles. The summed E-state index contributed by atoms with van der Waals surface area (Å²) in [6, 6.07) is 1.56. The van der Waals surface area contributed by atoms with Crippen LogP contribution in [0.2, 0.25) is 0 Å². The number of aromatic hydroxyl groups is 1. The van der Waals surface area contributed by atoms with Crippen molar-refractivity contribution in [2.24, 2.45) is 13.0 Å². The van der Waals surface area contributed by atoms with Crippen LogP contribution < -0.4 is 4.87 Å². The lowest BCUT2D eigenvalue weighted by atomic mass is 9.81. The number of aliphatic carboxylic acids is 1. The minimum absolute atomic E-state index is 0.0253. The number of hydrogen-bond donors (Lipinski definition) is 2. The second kappa shape index (κ2) is 7.72. The molecule has 1 aromatic carbocycles. The number of carbonyl (C=O) groups is 3. The van der Waals surface area contributed by atoms with Gasteiger partial charge in [-0.1, -0.05) is 25.2 Å². The quantitative estimate of drug-likeness (QED) is 0.619. The molecule has 2 aromatic rings. The molecule has 1 aliphatic carbocycles. The van der Waals surface area contributed by atoms with Crippen molar-refractivity contribution in [3.8, 4) is 5.75 Å². The van der Waals surface area contributed by atoms with Crippen molar-refractivity contribution >= 4 is 28.9 Å². The third-order valence-corrected chi connectivity index (χ3v) is 6.90. The topological polar surface area (TPSA) is 123 Å². The Labute approximate surface area is 182 Å². The van der Waals surface area contributed by atoms with E-state index in [2.05, 4.69) is 0 Å². The number of nitrogens with zero attached hydrogens (tertiary/aromatic N) is 1. The molecule has 8 nitrogen and oxygen atoms in total. The van der Waals surface area contributed by atoms with Crippen LogP contribution in [-0.4, -0.2) is 38.4 Å². The van der Waals surface area contributed by atoms with Gasteiger partial charge in [0.25, 0.3) is 0 Å². The minimum atomic E-state index is -0.998. The number of ether oxygens (including phenoxy) is 1. The molecule has 164 valence electrons. The average Bonchev–Trinajstić information content (AvgIpc) is 2.98. The molecule has 4 rings (SSSR count). The van der Waals surface area contributed by atoms with Gasteiger partial charge in [0.15, 0.2) is 0 Å². The first kappa shape index (κ1) is 21.5. The number of hydrogen-bond acceptors (Lipinski definition) is 7. The Hall–Kier alpha value is -2.78. The third kappa shape index (κ3) is 3.51. The predicted molar refractivity (Wildman–Crippen MR) is 112 cm³/mol. The highest BCUT2D eigenvalue weighted by Gasteiger charge is 2.41. The van der Waals surface area contributed by atoms with Crippen LogP contribution >= 0.6 is 11.3 Å². The van der Waals surface area contributed by atoms with Crippen molar-refractivity contribution in [1.82, 2.24) is 4.57 Å². The Bertz CT molecular complexity index is 1170. The van der Waals surface area contributed by atoms with Crippen LogP contribution in [0.3, 0.4) is 0 Å². The fourth-order valence-corrected chi connectivity index (χ4v) is 5.30. The van der Waals surface area contributed by atoms with Crippen molar-refractivity contribution in [2.45, 2.75) is 51.7 Å². The molecule has 1 aromatic heterocycles. The van der Waals surface area contributed by atoms with Gasteiger partial charge in [-0.05, 0) is 36.8 Å². The van der Waals surface area contributed by atoms with Crippen molar-refractivity contribution < 1.29 is 29.3 Å². The summed E-state index contributed by atoms with van der Waals surface area (Å²) in [5.41, 5.74) is 1.01. The van der Waals surface area contributed by atoms with E-state index in [0.717, 1.165) is 11.0 Å². The van der Waals surface area contributed by atoms with Gasteiger partial charge in [-0.25, -0.2) is 0 Å². The van der Waals surface area contributed by atoms with Crippen LogP contribution in [0.4, 0.5) is 0 Å². The Morgan fingerprint density at radius 3 is 2.65 bits per heavy atom. The molecule has 0 amide bonds. The van der Waals surface area contributed by atoms with Gasteiger partial charge < -0.3 is 14.9 Å². The first-order valence-corrected chi connectivity index (χ1v) is 11.0. The van der Waals surface area contributed by atoms with E-state index >= 15 is 0 Å². The van der Waals surface area contributed by atoms with E-state index in [4.69, 9.17) is 4.74 Å². The summed E-state index contributed by atoms with van der Waals surface area (Å²) in [6.07, 6.45) is 0.134. The molecule has 0 radical (unpaired) electrons. The number of benzene rings is 1. The Morgan fingerprint density at radius 2 is 2.00 bits per heavy atom. The van der Waals surface area contributed by atoms with Gasteiger partial charge in [0, 0.05) is 18.2 Å². The number of carboxylic acid groups (broad SMARTS) is 1. The molecule has 9 heteroatoms. The smallest absolute Gasteiger partial charge is 0.308 e. The van der Waals surface area contributed by atoms with Crippen LogP contribution in [0.1, 0.15) is 81.6 Å². The minimum Gasteiger partial charge on any atom is -0.507 e. The van der Waals surface area contributed by atoms with Gasteiger partial charge in [-0.15, -0.1) is 0 Å². The molecule has 2 aliphatic rings. The zero-order chi connectivity index (χ0) is 22.6. The monoisotopic (exact) mass is 445 g/mol. The van der Waals surface area contributed by atoms with Crippen molar-refractivity contribution in [1.29, 1.82) is 0 Å². The van der Waals surface area contributed by atoms with E-state index in [0.29, 0.717) is 34.8 Å². The van der Waals surface area contributed by atoms with Crippen molar-refractivity contribution in [3.05, 3.63) is 48.6 Å². The Balaban J connectivity index is 1.87. The predicted octanol–water partition coefficient (Wildman–Crippen LogP) is 2.82. The summed E-state index contributed by atoms with van der Waals surface area (Å²) >= 11 is 0.690. The maximum atomic E-state index is 13.1. The number of ketones is 2. The summed E-state index contributed by atoms with van der Waals surface area (Å²) in [5, 5.41) is 20.3. The van der Waals surface area contributed by atoms with Gasteiger partial charge >= 0.3 is 10.8 Å². The summed E-state index contributed by atoms with van der Waals surface area (Å²) in [6.45, 7) is 4.10. The van der Waals surface area contributed by atoms with E-state index in [1.165, 1.54) is 7.05 Å². The van der Waals surface area contributed by atoms with E-state index in [-0.39, 0.29) is 40.3 Å². The largest absolute Gasteiger partial charge is 0.507 e. The van der Waals surface area contributed by atoms with Gasteiger partial charge in [0.2, 0.25) is 11.6 Å². The third-order valence-electron chi connectivity index (χ3n) is 5.87. The molecule has 0 saturated heterocycles. The van der Waals surface area contributed by atoms with Crippen LogP contribution in [0, 0.1) is 5.92 Å². The molecule has 0 spiro atoms. The van der Waals surface area contributed by atoms with Crippen LogP contribution in [0.5, 0.6) is 5.75 Å². The van der Waals surface area contributed by atoms with Crippen LogP contribution in [-0.2, 0) is 23.0 Å². The molecule has 2 N–H and O–H groups in total. The first-order chi connectivity index (χ1) is 14.6. The SMILES string of the molecule is CC(C)CC[C@@H]1O[C@H](CC(=O)O)Cc2cc3c(c(O)c21)C(=O)c1sc(=O)n(C)c1C3=O. The number of thiazole rings is 1. The average molecular weight is 445 g/mol. The highest BCUT2D eigenvalue weighted by molar-refractivity contribution is 7.12. The summed E-state index contributed by atoms with van der Waals surface area (Å²) < 4.78 is 7.17. The summed E-state index contributed by atoms with van der Waals surface area (Å²) in [5.74, 6) is -1.99. The molecule has 2 atom stereocenters. The van der Waals surface area contributed by atoms with Gasteiger partial charge in [-0.3, -0.25) is 23.7 Å². The second-order valence-corrected chi connectivity index (χ2v) is 9.47. The number of carboxylic acids is 1. The molecular formula is C22H23NO7S. The van der Waals surface area contributed by atoms with Gasteiger partial charge in [-0.2, -0.15) is 0 Å². The lowest BCUT2D eigenvalue weighted by Gasteiger charge is -2.34. The number of aromatic nitrogens is 1. The Morgan fingerprint density at radius 1 is 1.29 bits per heavy atom. The number of phenols is 1. The molecule has 0 bridgehead atoms. The van der Waals surface area contributed by atoms with Gasteiger partial charge in [0.1, 0.15) is 16.3 Å². The molecular weight excluding hydrogens is 422 g/mol. The zero-order valence-corrected chi connectivity index (χ0v) is 18.2. The highest BCUT2D eigenvalue weighted by atomic mass is 32.1. The molecule has 0 unspecified atom stereocenters. The number of fused-ring (bicyclic) bond motifs is 3. The van der Waals surface area contributed by atoms with Crippen LogP contribution in [0.25, 0.3) is 0 Å². The lowest BCUT2D eigenvalue weighted by Crippen LogP contribution is -2.31. The van der Waals surface area contributed by atoms with Crippen molar-refractivity contribution in [3.63, 3.8) is 0 Å². The van der Waals surface area contributed by atoms with E-state index in [9.17, 15) is 29.4 Å². The molecule has 2 heterocycles. The Kier molecular flexibility index (Phi) is 5.35. The fraction of sp³-hybridized carbons (Fsp3) is 0.455. The maximum Gasteiger partial charge on any atom is 0.308 e. The molecule has 0 fully saturated rings. The molecule has 1 aliphatic heterocycles. The van der Waals surface area contributed by atoms with Gasteiger partial charge in [0.05, 0.1) is 24.2 Å². The second-order valence-electron chi connectivity index (χ2n) is 8.50. The van der Waals surface area contributed by atoms with E-state index < -0.39 is 34.6 Å². The lowest BCUT2D eigenvalue weighted by molar-refractivity contribution is -0.142. The van der Waals surface area contributed by atoms with E-state index in [1.807, 2.05) is 13.8 Å². The number of rotatable bonds is 5. The number of carbonyl (C=O) groups excluding carboxylic acids is 2. The number of phenolic OH excluding ortho intramolecular Hbond substituents is 1.